The van der Waals surface area contributed by atoms with Gasteiger partial charge in [0.05, 0.1) is 22.7 Å². The van der Waals surface area contributed by atoms with Crippen molar-refractivity contribution in [3.8, 4) is 17.3 Å². The highest BCUT2D eigenvalue weighted by atomic mass is 32.2. The van der Waals surface area contributed by atoms with Gasteiger partial charge in [-0.3, -0.25) is 4.79 Å². The highest BCUT2D eigenvalue weighted by Crippen LogP contribution is 2.25. The van der Waals surface area contributed by atoms with Crippen molar-refractivity contribution in [2.24, 2.45) is 0 Å². The van der Waals surface area contributed by atoms with Crippen molar-refractivity contribution in [3.63, 3.8) is 0 Å². The number of anilines is 1. The van der Waals surface area contributed by atoms with Crippen LogP contribution in [0, 0.1) is 23.0 Å². The summed E-state index contributed by atoms with van der Waals surface area (Å²) in [6.07, 6.45) is 0. The van der Waals surface area contributed by atoms with Crippen LogP contribution < -0.4 is 5.32 Å². The molecule has 7 heteroatoms. The van der Waals surface area contributed by atoms with Crippen molar-refractivity contribution < 1.29 is 13.6 Å². The third-order valence-electron chi connectivity index (χ3n) is 3.60. The molecule has 0 saturated heterocycles. The number of nitrogens with zero attached hydrogens (tertiary/aromatic N) is 2. The van der Waals surface area contributed by atoms with Crippen LogP contribution in [0.5, 0.6) is 0 Å². The monoisotopic (exact) mass is 381 g/mol. The van der Waals surface area contributed by atoms with Crippen LogP contribution in [0.2, 0.25) is 0 Å². The molecule has 0 fully saturated rings. The molecule has 134 valence electrons. The van der Waals surface area contributed by atoms with Gasteiger partial charge in [0.15, 0.2) is 0 Å². The van der Waals surface area contributed by atoms with Crippen LogP contribution in [0.3, 0.4) is 0 Å². The molecule has 0 aliphatic heterocycles. The molecular weight excluding hydrogens is 368 g/mol. The first-order valence-electron chi connectivity index (χ1n) is 7.91. The molecule has 0 aliphatic carbocycles. The van der Waals surface area contributed by atoms with E-state index in [2.05, 4.69) is 10.3 Å². The summed E-state index contributed by atoms with van der Waals surface area (Å²) in [5.74, 6) is -2.13. The van der Waals surface area contributed by atoms with Crippen LogP contribution in [0.15, 0.2) is 65.7 Å². The molecule has 1 amide bonds. The number of halogens is 2. The number of amides is 1. The number of hydrogen-bond donors (Lipinski definition) is 1. The molecule has 1 heterocycles. The maximum Gasteiger partial charge on any atom is 0.234 e. The van der Waals surface area contributed by atoms with Crippen LogP contribution in [-0.4, -0.2) is 16.6 Å². The van der Waals surface area contributed by atoms with Gasteiger partial charge >= 0.3 is 0 Å². The van der Waals surface area contributed by atoms with Crippen molar-refractivity contribution >= 4 is 23.4 Å². The Hall–Kier alpha value is -3.24. The third kappa shape index (κ3) is 4.68. The number of aromatic nitrogens is 1. The molecule has 27 heavy (non-hydrogen) atoms. The van der Waals surface area contributed by atoms with Gasteiger partial charge < -0.3 is 5.32 Å². The molecule has 3 rings (SSSR count). The van der Waals surface area contributed by atoms with Crippen LogP contribution in [-0.2, 0) is 4.79 Å². The summed E-state index contributed by atoms with van der Waals surface area (Å²) < 4.78 is 26.5. The fraction of sp³-hybridized carbons (Fsp3) is 0.0500. The minimum atomic E-state index is -0.852. The number of nitriles is 1. The van der Waals surface area contributed by atoms with E-state index in [0.717, 1.165) is 29.5 Å². The Morgan fingerprint density at radius 1 is 1.11 bits per heavy atom. The molecule has 0 saturated carbocycles. The lowest BCUT2D eigenvalue weighted by atomic mass is 10.1. The Kier molecular flexibility index (Phi) is 5.79. The summed E-state index contributed by atoms with van der Waals surface area (Å²) in [7, 11) is 0. The first-order valence-corrected chi connectivity index (χ1v) is 8.89. The average molecular weight is 381 g/mol. The Morgan fingerprint density at radius 2 is 1.89 bits per heavy atom. The predicted molar refractivity (Wildman–Crippen MR) is 100 cm³/mol. The quantitative estimate of drug-likeness (QED) is 0.655. The zero-order valence-electron chi connectivity index (χ0n) is 13.9. The average Bonchev–Trinajstić information content (AvgIpc) is 2.69. The first-order chi connectivity index (χ1) is 13.1. The van der Waals surface area contributed by atoms with Gasteiger partial charge in [0.2, 0.25) is 5.91 Å². The van der Waals surface area contributed by atoms with Gasteiger partial charge in [0.25, 0.3) is 0 Å². The second kappa shape index (κ2) is 8.43. The van der Waals surface area contributed by atoms with Crippen LogP contribution >= 0.6 is 11.8 Å². The molecule has 0 radical (unpaired) electrons. The molecule has 1 N–H and O–H groups in total. The van der Waals surface area contributed by atoms with Gasteiger partial charge in [-0.25, -0.2) is 13.8 Å². The fourth-order valence-corrected chi connectivity index (χ4v) is 3.09. The van der Waals surface area contributed by atoms with Gasteiger partial charge in [0.1, 0.15) is 22.7 Å². The van der Waals surface area contributed by atoms with E-state index < -0.39 is 17.5 Å². The van der Waals surface area contributed by atoms with Crippen molar-refractivity contribution in [1.82, 2.24) is 4.98 Å². The topological polar surface area (TPSA) is 65.8 Å². The molecule has 0 spiro atoms. The molecule has 3 aromatic rings. The summed E-state index contributed by atoms with van der Waals surface area (Å²) >= 11 is 1.07. The third-order valence-corrected chi connectivity index (χ3v) is 4.59. The molecule has 0 bridgehead atoms. The number of thioether (sulfide) groups is 1. The number of hydrogen-bond acceptors (Lipinski definition) is 4. The van der Waals surface area contributed by atoms with Gasteiger partial charge in [-0.2, -0.15) is 5.26 Å². The number of nitrogens with one attached hydrogen (secondary N) is 1. The molecule has 0 atom stereocenters. The zero-order valence-corrected chi connectivity index (χ0v) is 14.8. The number of carbonyl (C=O) groups is 1. The van der Waals surface area contributed by atoms with Crippen molar-refractivity contribution in [2.45, 2.75) is 5.03 Å². The zero-order chi connectivity index (χ0) is 19.2. The van der Waals surface area contributed by atoms with Crippen molar-refractivity contribution in [2.75, 3.05) is 11.1 Å². The number of pyridine rings is 1. The molecule has 0 unspecified atom stereocenters. The van der Waals surface area contributed by atoms with E-state index in [1.807, 2.05) is 36.4 Å². The predicted octanol–water partition coefficient (Wildman–Crippen LogP) is 4.63. The van der Waals surface area contributed by atoms with Gasteiger partial charge in [-0.15, -0.1) is 0 Å². The maximum absolute atomic E-state index is 13.6. The molecule has 1 aromatic heterocycles. The highest BCUT2D eigenvalue weighted by molar-refractivity contribution is 8.00. The second-order valence-corrected chi connectivity index (χ2v) is 6.45. The standard InChI is InChI=1S/C20H13F2N3OS/c21-15-7-9-18(16(22)10-15)24-19(26)12-27-20-14(11-23)6-8-17(25-20)13-4-2-1-3-5-13/h1-10H,12H2,(H,24,26). The summed E-state index contributed by atoms with van der Waals surface area (Å²) in [5.41, 5.74) is 1.82. The number of rotatable bonds is 5. The van der Waals surface area contributed by atoms with Gasteiger partial charge in [-0.05, 0) is 24.3 Å². The SMILES string of the molecule is N#Cc1ccc(-c2ccccc2)nc1SCC(=O)Nc1ccc(F)cc1F. The summed E-state index contributed by atoms with van der Waals surface area (Å²) in [6, 6.07) is 17.8. The van der Waals surface area contributed by atoms with E-state index in [0.29, 0.717) is 22.3 Å². The van der Waals surface area contributed by atoms with E-state index in [1.165, 1.54) is 0 Å². The minimum absolute atomic E-state index is 0.0727. The lowest BCUT2D eigenvalue weighted by molar-refractivity contribution is -0.113. The summed E-state index contributed by atoms with van der Waals surface area (Å²) in [4.78, 5) is 16.5. The van der Waals surface area contributed by atoms with E-state index in [1.54, 1.807) is 12.1 Å². The minimum Gasteiger partial charge on any atom is -0.323 e. The number of benzene rings is 2. The van der Waals surface area contributed by atoms with E-state index >= 15 is 0 Å². The van der Waals surface area contributed by atoms with Crippen LogP contribution in [0.25, 0.3) is 11.3 Å². The maximum atomic E-state index is 13.6. The van der Waals surface area contributed by atoms with E-state index in [-0.39, 0.29) is 11.4 Å². The van der Waals surface area contributed by atoms with Gasteiger partial charge in [-0.1, -0.05) is 42.1 Å². The normalized spacial score (nSPS) is 10.3. The lowest BCUT2D eigenvalue weighted by Crippen LogP contribution is -2.15. The van der Waals surface area contributed by atoms with Crippen LogP contribution in [0.1, 0.15) is 5.56 Å². The Morgan fingerprint density at radius 3 is 2.59 bits per heavy atom. The van der Waals surface area contributed by atoms with Crippen molar-refractivity contribution in [3.05, 3.63) is 77.9 Å². The summed E-state index contributed by atoms with van der Waals surface area (Å²) in [5, 5.41) is 12.0. The molecular formula is C20H13F2N3OS. The largest absolute Gasteiger partial charge is 0.323 e. The van der Waals surface area contributed by atoms with Crippen LogP contribution in [0.4, 0.5) is 14.5 Å². The summed E-state index contributed by atoms with van der Waals surface area (Å²) in [6.45, 7) is 0. The molecule has 0 aliphatic rings. The van der Waals surface area contributed by atoms with Crippen molar-refractivity contribution in [1.29, 1.82) is 5.26 Å². The Bertz CT molecular complexity index is 1020. The fourth-order valence-electron chi connectivity index (χ4n) is 2.32. The lowest BCUT2D eigenvalue weighted by Gasteiger charge is -2.08. The first kappa shape index (κ1) is 18.5. The van der Waals surface area contributed by atoms with E-state index in [9.17, 15) is 18.8 Å². The Labute approximate surface area is 158 Å². The highest BCUT2D eigenvalue weighted by Gasteiger charge is 2.12. The molecule has 4 nitrogen and oxygen atoms in total. The van der Waals surface area contributed by atoms with Gasteiger partial charge in [0, 0.05) is 11.6 Å². The number of carbonyl (C=O) groups excluding carboxylic acids is 1. The Balaban J connectivity index is 1.73. The smallest absolute Gasteiger partial charge is 0.234 e. The van der Waals surface area contributed by atoms with E-state index in [4.69, 9.17) is 0 Å². The second-order valence-electron chi connectivity index (χ2n) is 5.49. The molecule has 2 aromatic carbocycles.